The molecule has 0 radical (unpaired) electrons. The Kier molecular flexibility index (Phi) is 2.11. The molecule has 0 aliphatic rings. The van der Waals surface area contributed by atoms with Crippen molar-refractivity contribution in [2.45, 2.75) is 0 Å². The standard InChI is InChI=1S/C12H10BrN3/c1-15-11-4-3-10(13)7-9(11)8-12(15)16-6-2-5-14-16/h2-8H,1H3. The SMILES string of the molecule is Cn1c(-n2cccn2)cc2cc(Br)ccc21. The average molecular weight is 276 g/mol. The van der Waals surface area contributed by atoms with Crippen LogP contribution < -0.4 is 0 Å². The molecule has 0 atom stereocenters. The summed E-state index contributed by atoms with van der Waals surface area (Å²) in [4.78, 5) is 0. The molecule has 2 aromatic heterocycles. The first-order chi connectivity index (χ1) is 7.75. The smallest absolute Gasteiger partial charge is 0.134 e. The Labute approximate surface area is 101 Å². The summed E-state index contributed by atoms with van der Waals surface area (Å²) in [6, 6.07) is 10.3. The number of fused-ring (bicyclic) bond motifs is 1. The summed E-state index contributed by atoms with van der Waals surface area (Å²) in [5.41, 5.74) is 1.20. The van der Waals surface area contributed by atoms with Crippen molar-refractivity contribution >= 4 is 26.8 Å². The normalized spacial score (nSPS) is 11.1. The number of benzene rings is 1. The first kappa shape index (κ1) is 9.66. The van der Waals surface area contributed by atoms with Gasteiger partial charge in [-0.3, -0.25) is 0 Å². The van der Waals surface area contributed by atoms with Crippen molar-refractivity contribution in [3.05, 3.63) is 47.2 Å². The number of rotatable bonds is 1. The van der Waals surface area contributed by atoms with Gasteiger partial charge >= 0.3 is 0 Å². The molecule has 0 aliphatic heterocycles. The molecule has 4 heteroatoms. The van der Waals surface area contributed by atoms with Gasteiger partial charge in [0.2, 0.25) is 0 Å². The van der Waals surface area contributed by atoms with E-state index in [0.29, 0.717) is 0 Å². The zero-order chi connectivity index (χ0) is 11.1. The third-order valence-corrected chi connectivity index (χ3v) is 3.21. The minimum absolute atomic E-state index is 1.07. The molecule has 3 nitrogen and oxygen atoms in total. The predicted octanol–water partition coefficient (Wildman–Crippen LogP) is 3.13. The number of hydrogen-bond donors (Lipinski definition) is 0. The molecule has 0 bridgehead atoms. The molecule has 1 aromatic carbocycles. The number of hydrogen-bond acceptors (Lipinski definition) is 1. The average Bonchev–Trinajstić information content (AvgIpc) is 2.86. The maximum atomic E-state index is 4.25. The molecule has 0 unspecified atom stereocenters. The molecule has 16 heavy (non-hydrogen) atoms. The van der Waals surface area contributed by atoms with Crippen LogP contribution in [0.3, 0.4) is 0 Å². The van der Waals surface area contributed by atoms with Gasteiger partial charge in [-0.15, -0.1) is 0 Å². The topological polar surface area (TPSA) is 22.8 Å². The second-order valence-corrected chi connectivity index (χ2v) is 4.63. The monoisotopic (exact) mass is 275 g/mol. The predicted molar refractivity (Wildman–Crippen MR) is 67.7 cm³/mol. The first-order valence-corrected chi connectivity index (χ1v) is 5.80. The molecule has 3 aromatic rings. The van der Waals surface area contributed by atoms with E-state index in [-0.39, 0.29) is 0 Å². The zero-order valence-electron chi connectivity index (χ0n) is 8.76. The highest BCUT2D eigenvalue weighted by molar-refractivity contribution is 9.10. The highest BCUT2D eigenvalue weighted by atomic mass is 79.9. The second kappa shape index (κ2) is 3.49. The van der Waals surface area contributed by atoms with Gasteiger partial charge in [-0.1, -0.05) is 15.9 Å². The fraction of sp³-hybridized carbons (Fsp3) is 0.0833. The molecule has 0 aliphatic carbocycles. The fourth-order valence-corrected chi connectivity index (χ4v) is 2.31. The van der Waals surface area contributed by atoms with Crippen LogP contribution in [0.25, 0.3) is 16.7 Å². The summed E-state index contributed by atoms with van der Waals surface area (Å²) in [7, 11) is 2.05. The van der Waals surface area contributed by atoms with Gasteiger partial charge in [-0.05, 0) is 30.3 Å². The Hall–Kier alpha value is -1.55. The molecule has 0 amide bonds. The molecule has 80 valence electrons. The van der Waals surface area contributed by atoms with Crippen LogP contribution >= 0.6 is 15.9 Å². The third-order valence-electron chi connectivity index (χ3n) is 2.72. The van der Waals surface area contributed by atoms with Crippen LogP contribution in [0.2, 0.25) is 0 Å². The van der Waals surface area contributed by atoms with E-state index in [1.807, 2.05) is 24.0 Å². The molecule has 0 saturated heterocycles. The number of halogens is 1. The molecule has 0 fully saturated rings. The van der Waals surface area contributed by atoms with Crippen molar-refractivity contribution in [3.8, 4) is 5.82 Å². The summed E-state index contributed by atoms with van der Waals surface area (Å²) in [5, 5.41) is 5.46. The van der Waals surface area contributed by atoms with E-state index in [2.05, 4.69) is 49.9 Å². The van der Waals surface area contributed by atoms with E-state index in [1.165, 1.54) is 10.9 Å². The summed E-state index contributed by atoms with van der Waals surface area (Å²) < 4.78 is 5.10. The highest BCUT2D eigenvalue weighted by Gasteiger charge is 2.07. The maximum Gasteiger partial charge on any atom is 0.134 e. The van der Waals surface area contributed by atoms with Crippen LogP contribution in [0, 0.1) is 0 Å². The highest BCUT2D eigenvalue weighted by Crippen LogP contribution is 2.24. The Morgan fingerprint density at radius 1 is 1.25 bits per heavy atom. The summed E-state index contributed by atoms with van der Waals surface area (Å²) in [6.07, 6.45) is 3.73. The van der Waals surface area contributed by atoms with Crippen LogP contribution in [-0.4, -0.2) is 14.3 Å². The van der Waals surface area contributed by atoms with E-state index in [9.17, 15) is 0 Å². The van der Waals surface area contributed by atoms with Gasteiger partial charge in [0.1, 0.15) is 5.82 Å². The van der Waals surface area contributed by atoms with E-state index in [4.69, 9.17) is 0 Å². The van der Waals surface area contributed by atoms with Crippen LogP contribution in [0.1, 0.15) is 0 Å². The summed E-state index contributed by atoms with van der Waals surface area (Å²) in [5.74, 6) is 1.07. The van der Waals surface area contributed by atoms with Crippen LogP contribution in [0.15, 0.2) is 47.2 Å². The van der Waals surface area contributed by atoms with Gasteiger partial charge < -0.3 is 4.57 Å². The molecule has 2 heterocycles. The van der Waals surface area contributed by atoms with E-state index >= 15 is 0 Å². The molecule has 0 N–H and O–H groups in total. The van der Waals surface area contributed by atoms with Crippen molar-refractivity contribution in [2.24, 2.45) is 7.05 Å². The van der Waals surface area contributed by atoms with Gasteiger partial charge in [0.15, 0.2) is 0 Å². The van der Waals surface area contributed by atoms with Crippen molar-refractivity contribution in [2.75, 3.05) is 0 Å². The van der Waals surface area contributed by atoms with Crippen LogP contribution in [0.4, 0.5) is 0 Å². The molecular weight excluding hydrogens is 266 g/mol. The van der Waals surface area contributed by atoms with Crippen LogP contribution in [-0.2, 0) is 7.05 Å². The molecular formula is C12H10BrN3. The lowest BCUT2D eigenvalue weighted by Gasteiger charge is -2.03. The summed E-state index contributed by atoms with van der Waals surface area (Å²) >= 11 is 3.48. The van der Waals surface area contributed by atoms with Crippen molar-refractivity contribution < 1.29 is 0 Å². The van der Waals surface area contributed by atoms with Crippen molar-refractivity contribution in [1.82, 2.24) is 14.3 Å². The van der Waals surface area contributed by atoms with Crippen molar-refractivity contribution in [1.29, 1.82) is 0 Å². The summed E-state index contributed by atoms with van der Waals surface area (Å²) in [6.45, 7) is 0. The van der Waals surface area contributed by atoms with Gasteiger partial charge in [-0.25, -0.2) is 4.68 Å². The maximum absolute atomic E-state index is 4.25. The quantitative estimate of drug-likeness (QED) is 0.669. The minimum Gasteiger partial charge on any atom is -0.329 e. The Morgan fingerprint density at radius 3 is 2.88 bits per heavy atom. The van der Waals surface area contributed by atoms with Gasteiger partial charge in [0.05, 0.1) is 0 Å². The van der Waals surface area contributed by atoms with Crippen molar-refractivity contribution in [3.63, 3.8) is 0 Å². The lowest BCUT2D eigenvalue weighted by Crippen LogP contribution is -2.01. The van der Waals surface area contributed by atoms with E-state index < -0.39 is 0 Å². The van der Waals surface area contributed by atoms with Gasteiger partial charge in [0, 0.05) is 34.8 Å². The number of aromatic nitrogens is 3. The zero-order valence-corrected chi connectivity index (χ0v) is 10.3. The third kappa shape index (κ3) is 1.38. The van der Waals surface area contributed by atoms with E-state index in [0.717, 1.165) is 10.3 Å². The molecule has 0 spiro atoms. The van der Waals surface area contributed by atoms with Gasteiger partial charge in [0.25, 0.3) is 0 Å². The second-order valence-electron chi connectivity index (χ2n) is 3.72. The minimum atomic E-state index is 1.07. The lowest BCUT2D eigenvalue weighted by atomic mass is 10.2. The largest absolute Gasteiger partial charge is 0.329 e. The molecule has 3 rings (SSSR count). The fourth-order valence-electron chi connectivity index (χ4n) is 1.93. The van der Waals surface area contributed by atoms with E-state index in [1.54, 1.807) is 6.20 Å². The Bertz CT molecular complexity index is 638. The number of aryl methyl sites for hydroxylation is 1. The van der Waals surface area contributed by atoms with Gasteiger partial charge in [-0.2, -0.15) is 5.10 Å². The molecule has 0 saturated carbocycles. The Morgan fingerprint density at radius 2 is 2.12 bits per heavy atom. The van der Waals surface area contributed by atoms with Crippen LogP contribution in [0.5, 0.6) is 0 Å². The lowest BCUT2D eigenvalue weighted by molar-refractivity contribution is 0.788. The number of nitrogens with zero attached hydrogens (tertiary/aromatic N) is 3. The Balaban J connectivity index is 2.31. The first-order valence-electron chi connectivity index (χ1n) is 5.01.